The van der Waals surface area contributed by atoms with Gasteiger partial charge in [-0.2, -0.15) is 0 Å². The molecule has 0 aliphatic carbocycles. The van der Waals surface area contributed by atoms with Gasteiger partial charge in [0.05, 0.1) is 6.54 Å². The Bertz CT molecular complexity index is 597. The van der Waals surface area contributed by atoms with Crippen molar-refractivity contribution in [3.05, 3.63) is 29.3 Å². The fraction of sp³-hybridized carbons (Fsp3) is 0.667. The average molecular weight is 344 g/mol. The average Bonchev–Trinajstić information content (AvgIpc) is 2.58. The molecule has 1 aromatic rings. The number of amides is 1. The van der Waals surface area contributed by atoms with Gasteiger partial charge in [0.2, 0.25) is 5.91 Å². The number of carbonyl (C=O) groups excluding carboxylic acids is 1. The van der Waals surface area contributed by atoms with Crippen LogP contribution >= 0.6 is 0 Å². The van der Waals surface area contributed by atoms with Crippen molar-refractivity contribution >= 4 is 11.6 Å². The summed E-state index contributed by atoms with van der Waals surface area (Å²) in [6, 6.07) is 7.33. The second kappa shape index (κ2) is 7.77. The topological polar surface area (TPSA) is 26.8 Å². The van der Waals surface area contributed by atoms with Crippen LogP contribution in [0.25, 0.3) is 0 Å². The fourth-order valence-electron chi connectivity index (χ4n) is 4.41. The molecule has 0 radical (unpaired) electrons. The van der Waals surface area contributed by atoms with Gasteiger partial charge in [-0.15, -0.1) is 0 Å². The van der Waals surface area contributed by atoms with Crippen molar-refractivity contribution in [2.45, 2.75) is 59.0 Å². The smallest absolute Gasteiger partial charge is 0.237 e. The van der Waals surface area contributed by atoms with Gasteiger partial charge in [0.15, 0.2) is 0 Å². The molecular formula is C21H33N3O. The first-order valence-corrected chi connectivity index (χ1v) is 9.82. The van der Waals surface area contributed by atoms with Gasteiger partial charge in [0.1, 0.15) is 0 Å². The number of piperazine rings is 1. The van der Waals surface area contributed by atoms with E-state index in [-0.39, 0.29) is 0 Å². The molecule has 0 spiro atoms. The molecule has 1 aromatic carbocycles. The van der Waals surface area contributed by atoms with Crippen molar-refractivity contribution in [3.8, 4) is 0 Å². The second-order valence-electron chi connectivity index (χ2n) is 7.91. The molecule has 2 unspecified atom stereocenters. The third-order valence-corrected chi connectivity index (χ3v) is 6.13. The summed E-state index contributed by atoms with van der Waals surface area (Å²) in [6.07, 6.45) is 3.55. The van der Waals surface area contributed by atoms with E-state index in [1.807, 2.05) is 0 Å². The molecule has 4 nitrogen and oxygen atoms in total. The molecule has 2 heterocycles. The Kier molecular flexibility index (Phi) is 5.67. The Morgan fingerprint density at radius 2 is 1.68 bits per heavy atom. The van der Waals surface area contributed by atoms with Crippen molar-refractivity contribution < 1.29 is 4.79 Å². The predicted molar refractivity (Wildman–Crippen MR) is 104 cm³/mol. The zero-order valence-electron chi connectivity index (χ0n) is 16.3. The Hall–Kier alpha value is -1.55. The molecule has 2 aliphatic rings. The Labute approximate surface area is 152 Å². The van der Waals surface area contributed by atoms with Crippen molar-refractivity contribution in [1.29, 1.82) is 0 Å². The van der Waals surface area contributed by atoms with Crippen molar-refractivity contribution in [2.24, 2.45) is 0 Å². The minimum atomic E-state index is 0.319. The highest BCUT2D eigenvalue weighted by molar-refractivity contribution is 5.79. The van der Waals surface area contributed by atoms with E-state index in [0.29, 0.717) is 24.5 Å². The van der Waals surface area contributed by atoms with Crippen LogP contribution in [0.4, 0.5) is 5.69 Å². The SMILES string of the molecule is Cc1cccc(N2CCN(CC(=O)N3C(C)CCCC3C)CC2)c1C. The molecule has 3 rings (SSSR count). The maximum atomic E-state index is 12.8. The number of nitrogens with zero attached hydrogens (tertiary/aromatic N) is 3. The summed E-state index contributed by atoms with van der Waals surface area (Å²) in [5.74, 6) is 0.319. The predicted octanol–water partition coefficient (Wildman–Crippen LogP) is 3.21. The molecule has 0 aromatic heterocycles. The Balaban J connectivity index is 1.55. The molecule has 1 amide bonds. The van der Waals surface area contributed by atoms with E-state index in [1.165, 1.54) is 23.2 Å². The standard InChI is InChI=1S/C21H33N3O/c1-16-7-5-10-20(19(16)4)23-13-11-22(12-14-23)15-21(25)24-17(2)8-6-9-18(24)3/h5,7,10,17-18H,6,8-9,11-15H2,1-4H3. The highest BCUT2D eigenvalue weighted by atomic mass is 16.2. The van der Waals surface area contributed by atoms with Gasteiger partial charge < -0.3 is 9.80 Å². The maximum absolute atomic E-state index is 12.8. The van der Waals surface area contributed by atoms with Gasteiger partial charge in [-0.25, -0.2) is 0 Å². The monoisotopic (exact) mass is 343 g/mol. The number of piperidine rings is 1. The van der Waals surface area contributed by atoms with E-state index >= 15 is 0 Å². The molecule has 0 bridgehead atoms. The summed E-state index contributed by atoms with van der Waals surface area (Å²) >= 11 is 0. The van der Waals surface area contributed by atoms with Gasteiger partial charge in [-0.3, -0.25) is 9.69 Å². The van der Waals surface area contributed by atoms with Crippen LogP contribution in [-0.2, 0) is 4.79 Å². The van der Waals surface area contributed by atoms with Gasteiger partial charge in [-0.1, -0.05) is 12.1 Å². The van der Waals surface area contributed by atoms with Crippen LogP contribution in [0.1, 0.15) is 44.2 Å². The number of carbonyl (C=O) groups is 1. The summed E-state index contributed by atoms with van der Waals surface area (Å²) in [6.45, 7) is 13.3. The van der Waals surface area contributed by atoms with E-state index in [9.17, 15) is 4.79 Å². The molecule has 4 heteroatoms. The number of hydrogen-bond donors (Lipinski definition) is 0. The minimum Gasteiger partial charge on any atom is -0.369 e. The van der Waals surface area contributed by atoms with E-state index in [0.717, 1.165) is 39.0 Å². The van der Waals surface area contributed by atoms with Crippen molar-refractivity contribution in [3.63, 3.8) is 0 Å². The van der Waals surface area contributed by atoms with Crippen LogP contribution in [0, 0.1) is 13.8 Å². The van der Waals surface area contributed by atoms with Crippen LogP contribution in [-0.4, -0.2) is 60.5 Å². The molecule has 2 aliphatic heterocycles. The molecule has 2 fully saturated rings. The third-order valence-electron chi connectivity index (χ3n) is 6.13. The normalized spacial score (nSPS) is 25.3. The maximum Gasteiger partial charge on any atom is 0.237 e. The second-order valence-corrected chi connectivity index (χ2v) is 7.91. The van der Waals surface area contributed by atoms with E-state index < -0.39 is 0 Å². The van der Waals surface area contributed by atoms with Crippen LogP contribution in [0.3, 0.4) is 0 Å². The van der Waals surface area contributed by atoms with E-state index in [2.05, 4.69) is 60.6 Å². The summed E-state index contributed by atoms with van der Waals surface area (Å²) in [4.78, 5) is 19.7. The lowest BCUT2D eigenvalue weighted by atomic mass is 9.97. The van der Waals surface area contributed by atoms with Crippen LogP contribution < -0.4 is 4.90 Å². The summed E-state index contributed by atoms with van der Waals surface area (Å²) in [7, 11) is 0. The lowest BCUT2D eigenvalue weighted by Crippen LogP contribution is -2.54. The quantitative estimate of drug-likeness (QED) is 0.843. The summed E-state index contributed by atoms with van der Waals surface area (Å²) in [5, 5.41) is 0. The van der Waals surface area contributed by atoms with Crippen molar-refractivity contribution in [1.82, 2.24) is 9.80 Å². The zero-order valence-corrected chi connectivity index (χ0v) is 16.3. The van der Waals surface area contributed by atoms with E-state index in [1.54, 1.807) is 0 Å². The number of benzene rings is 1. The number of hydrogen-bond acceptors (Lipinski definition) is 3. The van der Waals surface area contributed by atoms with Gasteiger partial charge in [0, 0.05) is 44.0 Å². The number of aryl methyl sites for hydroxylation is 1. The fourth-order valence-corrected chi connectivity index (χ4v) is 4.41. The first-order valence-electron chi connectivity index (χ1n) is 9.82. The Morgan fingerprint density at radius 1 is 1.04 bits per heavy atom. The Morgan fingerprint density at radius 3 is 2.32 bits per heavy atom. The number of rotatable bonds is 3. The van der Waals surface area contributed by atoms with Crippen LogP contribution in [0.15, 0.2) is 18.2 Å². The number of likely N-dealkylation sites (tertiary alicyclic amines) is 1. The van der Waals surface area contributed by atoms with Crippen molar-refractivity contribution in [2.75, 3.05) is 37.6 Å². The molecule has 138 valence electrons. The largest absolute Gasteiger partial charge is 0.369 e. The summed E-state index contributed by atoms with van der Waals surface area (Å²) in [5.41, 5.74) is 4.08. The lowest BCUT2D eigenvalue weighted by molar-refractivity contribution is -0.138. The van der Waals surface area contributed by atoms with E-state index in [4.69, 9.17) is 0 Å². The van der Waals surface area contributed by atoms with Gasteiger partial charge in [0.25, 0.3) is 0 Å². The van der Waals surface area contributed by atoms with Crippen LogP contribution in [0.2, 0.25) is 0 Å². The molecule has 0 N–H and O–H groups in total. The molecule has 2 saturated heterocycles. The first kappa shape index (κ1) is 18.2. The zero-order chi connectivity index (χ0) is 18.0. The molecule has 25 heavy (non-hydrogen) atoms. The van der Waals surface area contributed by atoms with Gasteiger partial charge in [-0.05, 0) is 64.2 Å². The highest BCUT2D eigenvalue weighted by Crippen LogP contribution is 2.25. The van der Waals surface area contributed by atoms with Gasteiger partial charge >= 0.3 is 0 Å². The lowest BCUT2D eigenvalue weighted by Gasteiger charge is -2.41. The minimum absolute atomic E-state index is 0.319. The molecule has 2 atom stereocenters. The molecule has 0 saturated carbocycles. The van der Waals surface area contributed by atoms with Crippen LogP contribution in [0.5, 0.6) is 0 Å². The first-order chi connectivity index (χ1) is 12.0. The number of anilines is 1. The third kappa shape index (κ3) is 4.00. The highest BCUT2D eigenvalue weighted by Gasteiger charge is 2.30. The molecular weight excluding hydrogens is 310 g/mol. The summed E-state index contributed by atoms with van der Waals surface area (Å²) < 4.78 is 0.